The lowest BCUT2D eigenvalue weighted by atomic mass is 9.40. The molecule has 4 bridgehead atoms. The van der Waals surface area contributed by atoms with Crippen LogP contribution in [-0.2, 0) is 18.9 Å². The molecule has 0 radical (unpaired) electrons. The number of aliphatic hydroxyl groups is 3. The molecule has 180 valence electrons. The lowest BCUT2D eigenvalue weighted by Gasteiger charge is -2.75. The Balaban J connectivity index is 1.61. The van der Waals surface area contributed by atoms with Crippen LogP contribution in [0.2, 0.25) is 0 Å². The maximum atomic E-state index is 12.0. The van der Waals surface area contributed by atoms with Crippen molar-refractivity contribution in [3.63, 3.8) is 0 Å². The number of fused-ring (bicyclic) bond motifs is 1. The van der Waals surface area contributed by atoms with Crippen molar-refractivity contribution in [2.24, 2.45) is 22.7 Å². The quantitative estimate of drug-likeness (QED) is 0.568. The summed E-state index contributed by atoms with van der Waals surface area (Å²) in [6, 6.07) is 0. The third-order valence-electron chi connectivity index (χ3n) is 10.6. The molecule has 7 heteroatoms. The van der Waals surface area contributed by atoms with Gasteiger partial charge in [0.1, 0.15) is 11.2 Å². The van der Waals surface area contributed by atoms with Gasteiger partial charge in [0.25, 0.3) is 0 Å². The maximum Gasteiger partial charge on any atom is 0.169 e. The fourth-order valence-corrected chi connectivity index (χ4v) is 9.37. The third-order valence-corrected chi connectivity index (χ3v) is 10.6. The zero-order valence-corrected chi connectivity index (χ0v) is 19.7. The van der Waals surface area contributed by atoms with Crippen LogP contribution in [0.25, 0.3) is 0 Å². The highest BCUT2D eigenvalue weighted by Gasteiger charge is 2.82. The molecule has 0 aromatic carbocycles. The Morgan fingerprint density at radius 1 is 1.06 bits per heavy atom. The number of ether oxygens (including phenoxy) is 4. The van der Waals surface area contributed by atoms with E-state index in [0.717, 1.165) is 37.7 Å². The number of hydrogen-bond donors (Lipinski definition) is 3. The zero-order chi connectivity index (χ0) is 22.8. The normalized spacial score (nSPS) is 57.4. The van der Waals surface area contributed by atoms with E-state index in [1.807, 2.05) is 13.8 Å². The summed E-state index contributed by atoms with van der Waals surface area (Å²) in [4.78, 5) is 0. The monoisotopic (exact) mass is 450 g/mol. The van der Waals surface area contributed by atoms with Crippen LogP contribution >= 0.6 is 0 Å². The Hall–Kier alpha value is -0.540. The largest absolute Gasteiger partial charge is 0.396 e. The second-order valence-electron chi connectivity index (χ2n) is 11.9. The summed E-state index contributed by atoms with van der Waals surface area (Å²) in [5.41, 5.74) is -1.60. The van der Waals surface area contributed by atoms with Crippen molar-refractivity contribution in [1.29, 1.82) is 0 Å². The van der Waals surface area contributed by atoms with Gasteiger partial charge in [0.15, 0.2) is 11.6 Å². The highest BCUT2D eigenvalue weighted by atomic mass is 16.7. The van der Waals surface area contributed by atoms with Crippen molar-refractivity contribution >= 4 is 0 Å². The Bertz CT molecular complexity index is 857. The first kappa shape index (κ1) is 22.0. The van der Waals surface area contributed by atoms with E-state index in [1.54, 1.807) is 7.11 Å². The molecule has 7 rings (SSSR count). The highest BCUT2D eigenvalue weighted by molar-refractivity contribution is 5.47. The molecule has 3 N–H and O–H groups in total. The predicted molar refractivity (Wildman–Crippen MR) is 114 cm³/mol. The molecule has 6 fully saturated rings. The van der Waals surface area contributed by atoms with Crippen molar-refractivity contribution in [1.82, 2.24) is 0 Å². The van der Waals surface area contributed by atoms with Crippen molar-refractivity contribution in [2.45, 2.75) is 101 Å². The molecule has 7 aliphatic rings. The SMILES string of the molecule is COC12CC[C@@]3(C)[C@H](CC=C4[C@@]56CC[C@H](CO)[C@]5(C[C@@H](O)[C@@]43O1)[C@H](CO)OC(C)(C)O6)C2. The Morgan fingerprint density at radius 3 is 2.53 bits per heavy atom. The summed E-state index contributed by atoms with van der Waals surface area (Å²) in [6.07, 6.45) is 6.23. The summed E-state index contributed by atoms with van der Waals surface area (Å²) in [5, 5.41) is 33.0. The van der Waals surface area contributed by atoms with E-state index >= 15 is 0 Å². The summed E-state index contributed by atoms with van der Waals surface area (Å²) in [6.45, 7) is 5.87. The van der Waals surface area contributed by atoms with Gasteiger partial charge in [-0.25, -0.2) is 0 Å². The second-order valence-corrected chi connectivity index (χ2v) is 11.9. The first-order chi connectivity index (χ1) is 15.1. The molecule has 0 aromatic heterocycles. The minimum absolute atomic E-state index is 0.0266. The molecule has 3 saturated heterocycles. The number of hydrogen-bond acceptors (Lipinski definition) is 7. The molecule has 4 aliphatic carbocycles. The molecule has 3 aliphatic heterocycles. The van der Waals surface area contributed by atoms with E-state index < -0.39 is 40.4 Å². The molecule has 0 amide bonds. The second kappa shape index (κ2) is 6.36. The van der Waals surface area contributed by atoms with E-state index in [4.69, 9.17) is 18.9 Å². The number of allylic oxidation sites excluding steroid dienone is 1. The fourth-order valence-electron chi connectivity index (χ4n) is 9.37. The highest BCUT2D eigenvalue weighted by Crippen LogP contribution is 2.76. The van der Waals surface area contributed by atoms with Crippen LogP contribution in [-0.4, -0.2) is 70.6 Å². The molecule has 32 heavy (non-hydrogen) atoms. The van der Waals surface area contributed by atoms with Gasteiger partial charge in [-0.3, -0.25) is 0 Å². The van der Waals surface area contributed by atoms with Crippen molar-refractivity contribution < 1.29 is 34.3 Å². The standard InChI is InChI=1S/C25H38O7/c1-20(2)30-19(14-27)23-12-18(28)25-17(24(23,31-20)8-7-16(23)13-26)6-5-15-11-22(29-4,32-25)10-9-21(15,25)3/h6,15-16,18-19,26-28H,5,7-14H2,1-4H3/t15-,16-,18-,19+,21+,22?,23-,24+,25+/m1/s1. The lowest BCUT2D eigenvalue weighted by molar-refractivity contribution is -0.438. The summed E-state index contributed by atoms with van der Waals surface area (Å²) < 4.78 is 26.2. The lowest BCUT2D eigenvalue weighted by Crippen LogP contribution is -2.82. The van der Waals surface area contributed by atoms with Crippen LogP contribution in [0.4, 0.5) is 0 Å². The summed E-state index contributed by atoms with van der Waals surface area (Å²) >= 11 is 0. The van der Waals surface area contributed by atoms with Gasteiger partial charge in [0.2, 0.25) is 0 Å². The molecular formula is C25H38O7. The molecule has 0 aromatic rings. The molecule has 7 nitrogen and oxygen atoms in total. The summed E-state index contributed by atoms with van der Waals surface area (Å²) in [5.74, 6) is -1.36. The van der Waals surface area contributed by atoms with E-state index in [9.17, 15) is 15.3 Å². The van der Waals surface area contributed by atoms with Gasteiger partial charge < -0.3 is 34.3 Å². The molecule has 1 spiro atoms. The number of rotatable bonds is 3. The van der Waals surface area contributed by atoms with E-state index in [2.05, 4.69) is 13.0 Å². The number of aliphatic hydroxyl groups excluding tert-OH is 3. The first-order valence-electron chi connectivity index (χ1n) is 12.3. The van der Waals surface area contributed by atoms with Crippen molar-refractivity contribution in [2.75, 3.05) is 20.3 Å². The van der Waals surface area contributed by atoms with Crippen LogP contribution in [0.1, 0.15) is 65.7 Å². The van der Waals surface area contributed by atoms with Gasteiger partial charge >= 0.3 is 0 Å². The Labute approximate surface area is 190 Å². The fraction of sp³-hybridized carbons (Fsp3) is 0.920. The molecule has 3 heterocycles. The van der Waals surface area contributed by atoms with Crippen molar-refractivity contribution in [3.8, 4) is 0 Å². The van der Waals surface area contributed by atoms with E-state index in [-0.39, 0.29) is 24.5 Å². The molecule has 3 saturated carbocycles. The van der Waals surface area contributed by atoms with Gasteiger partial charge in [-0.05, 0) is 63.4 Å². The van der Waals surface area contributed by atoms with Crippen LogP contribution in [0.3, 0.4) is 0 Å². The average Bonchev–Trinajstić information content (AvgIpc) is 3.06. The Morgan fingerprint density at radius 2 is 1.84 bits per heavy atom. The van der Waals surface area contributed by atoms with Crippen LogP contribution in [0.15, 0.2) is 11.6 Å². The van der Waals surface area contributed by atoms with Crippen LogP contribution < -0.4 is 0 Å². The first-order valence-corrected chi connectivity index (χ1v) is 12.3. The molecule has 1 unspecified atom stereocenters. The van der Waals surface area contributed by atoms with Gasteiger partial charge in [0, 0.05) is 37.4 Å². The predicted octanol–water partition coefficient (Wildman–Crippen LogP) is 2.27. The maximum absolute atomic E-state index is 12.0. The minimum Gasteiger partial charge on any atom is -0.396 e. The number of methoxy groups -OCH3 is 1. The zero-order valence-electron chi connectivity index (χ0n) is 19.7. The molecular weight excluding hydrogens is 412 g/mol. The Kier molecular flexibility index (Phi) is 4.37. The summed E-state index contributed by atoms with van der Waals surface area (Å²) in [7, 11) is 1.72. The van der Waals surface area contributed by atoms with Gasteiger partial charge in [-0.15, -0.1) is 0 Å². The average molecular weight is 451 g/mol. The van der Waals surface area contributed by atoms with Crippen LogP contribution in [0.5, 0.6) is 0 Å². The van der Waals surface area contributed by atoms with E-state index in [0.29, 0.717) is 18.8 Å². The molecule has 9 atom stereocenters. The van der Waals surface area contributed by atoms with Crippen molar-refractivity contribution in [3.05, 3.63) is 11.6 Å². The smallest absolute Gasteiger partial charge is 0.169 e. The van der Waals surface area contributed by atoms with Gasteiger partial charge in [-0.2, -0.15) is 0 Å². The topological polar surface area (TPSA) is 97.6 Å². The van der Waals surface area contributed by atoms with Gasteiger partial charge in [0.05, 0.1) is 18.8 Å². The third kappa shape index (κ3) is 2.15. The van der Waals surface area contributed by atoms with E-state index in [1.165, 1.54) is 0 Å². The van der Waals surface area contributed by atoms with Crippen LogP contribution in [0, 0.1) is 22.7 Å². The van der Waals surface area contributed by atoms with Gasteiger partial charge in [-0.1, -0.05) is 13.0 Å². The minimum atomic E-state index is -0.907.